The molecule has 2 heterocycles. The van der Waals surface area contributed by atoms with Crippen LogP contribution in [0.5, 0.6) is 5.75 Å². The largest absolute Gasteiger partial charge is 0.497 e. The fourth-order valence-electron chi connectivity index (χ4n) is 2.72. The van der Waals surface area contributed by atoms with E-state index in [1.165, 1.54) is 11.8 Å². The average molecular weight is 399 g/mol. The molecule has 0 saturated heterocycles. The molecule has 6 nitrogen and oxygen atoms in total. The molecular formula is C19H18N4O2S2. The summed E-state index contributed by atoms with van der Waals surface area (Å²) in [7, 11) is 1.63. The first-order chi connectivity index (χ1) is 13.2. The summed E-state index contributed by atoms with van der Waals surface area (Å²) in [4.78, 5) is 13.3. The Morgan fingerprint density at radius 1 is 1.22 bits per heavy atom. The van der Waals surface area contributed by atoms with Crippen LogP contribution in [-0.2, 0) is 11.3 Å². The molecule has 138 valence electrons. The van der Waals surface area contributed by atoms with Gasteiger partial charge >= 0.3 is 0 Å². The summed E-state index contributed by atoms with van der Waals surface area (Å²) in [6, 6.07) is 15.8. The third kappa shape index (κ3) is 3.63. The van der Waals surface area contributed by atoms with Crippen LogP contribution < -0.4 is 10.1 Å². The number of amides is 1. The number of fused-ring (bicyclic) bond motifs is 3. The van der Waals surface area contributed by atoms with E-state index in [2.05, 4.69) is 21.6 Å². The summed E-state index contributed by atoms with van der Waals surface area (Å²) >= 11 is 3.01. The molecule has 0 aliphatic heterocycles. The molecule has 1 atom stereocenters. The highest BCUT2D eigenvalue weighted by molar-refractivity contribution is 8.00. The summed E-state index contributed by atoms with van der Waals surface area (Å²) in [5.74, 6) is 0.764. The van der Waals surface area contributed by atoms with Crippen LogP contribution in [0.2, 0.25) is 0 Å². The van der Waals surface area contributed by atoms with E-state index < -0.39 is 0 Å². The lowest BCUT2D eigenvalue weighted by atomic mass is 10.2. The maximum absolute atomic E-state index is 12.5. The third-order valence-electron chi connectivity index (χ3n) is 4.19. The Kier molecular flexibility index (Phi) is 5.00. The molecule has 0 bridgehead atoms. The van der Waals surface area contributed by atoms with Gasteiger partial charge in [-0.2, -0.15) is 0 Å². The molecule has 27 heavy (non-hydrogen) atoms. The summed E-state index contributed by atoms with van der Waals surface area (Å²) in [5, 5.41) is 11.9. The van der Waals surface area contributed by atoms with Gasteiger partial charge in [-0.1, -0.05) is 47.4 Å². The van der Waals surface area contributed by atoms with Gasteiger partial charge in [0, 0.05) is 6.54 Å². The lowest BCUT2D eigenvalue weighted by Crippen LogP contribution is -2.30. The van der Waals surface area contributed by atoms with Crippen LogP contribution in [0.3, 0.4) is 0 Å². The van der Waals surface area contributed by atoms with Crippen molar-refractivity contribution in [3.63, 3.8) is 0 Å². The second-order valence-electron chi connectivity index (χ2n) is 6.00. The summed E-state index contributed by atoms with van der Waals surface area (Å²) in [6.07, 6.45) is 0. The molecule has 0 aliphatic carbocycles. The Bertz CT molecular complexity index is 1090. The van der Waals surface area contributed by atoms with E-state index in [0.29, 0.717) is 6.54 Å². The molecule has 4 rings (SSSR count). The fraction of sp³-hybridized carbons (Fsp3) is 0.211. The number of rotatable bonds is 6. The maximum Gasteiger partial charge on any atom is 0.233 e. The molecule has 8 heteroatoms. The van der Waals surface area contributed by atoms with Crippen molar-refractivity contribution < 1.29 is 9.53 Å². The summed E-state index contributed by atoms with van der Waals surface area (Å²) in [6.45, 7) is 2.36. The van der Waals surface area contributed by atoms with E-state index in [-0.39, 0.29) is 11.2 Å². The van der Waals surface area contributed by atoms with Crippen LogP contribution in [0, 0.1) is 0 Å². The number of methoxy groups -OCH3 is 1. The molecule has 0 saturated carbocycles. The minimum absolute atomic E-state index is 0.0351. The van der Waals surface area contributed by atoms with Gasteiger partial charge in [-0.3, -0.25) is 9.20 Å². The molecule has 0 aliphatic rings. The minimum atomic E-state index is -0.283. The molecule has 2 aromatic carbocycles. The predicted octanol–water partition coefficient (Wildman–Crippen LogP) is 3.75. The van der Waals surface area contributed by atoms with Gasteiger partial charge in [-0.15, -0.1) is 10.2 Å². The first-order valence-corrected chi connectivity index (χ1v) is 10.2. The summed E-state index contributed by atoms with van der Waals surface area (Å²) < 4.78 is 8.31. The number of nitrogens with one attached hydrogen (secondary N) is 1. The second kappa shape index (κ2) is 7.58. The summed E-state index contributed by atoms with van der Waals surface area (Å²) in [5.41, 5.74) is 2.09. The minimum Gasteiger partial charge on any atom is -0.497 e. The molecule has 1 N–H and O–H groups in total. The van der Waals surface area contributed by atoms with Crippen molar-refractivity contribution in [1.82, 2.24) is 19.9 Å². The van der Waals surface area contributed by atoms with Gasteiger partial charge in [0.2, 0.25) is 10.9 Å². The van der Waals surface area contributed by atoms with E-state index in [0.717, 1.165) is 31.6 Å². The van der Waals surface area contributed by atoms with E-state index >= 15 is 0 Å². The molecule has 1 amide bonds. The van der Waals surface area contributed by atoms with E-state index in [4.69, 9.17) is 4.74 Å². The van der Waals surface area contributed by atoms with Crippen molar-refractivity contribution in [1.29, 1.82) is 0 Å². The third-order valence-corrected chi connectivity index (χ3v) is 6.24. The molecule has 0 spiro atoms. The van der Waals surface area contributed by atoms with Gasteiger partial charge in [0.25, 0.3) is 0 Å². The van der Waals surface area contributed by atoms with Crippen LogP contribution >= 0.6 is 23.1 Å². The normalized spacial score (nSPS) is 12.4. The smallest absolute Gasteiger partial charge is 0.233 e. The quantitative estimate of drug-likeness (QED) is 0.501. The number of para-hydroxylation sites is 1. The highest BCUT2D eigenvalue weighted by atomic mass is 32.2. The van der Waals surface area contributed by atoms with Gasteiger partial charge in [0.15, 0.2) is 5.16 Å². The second-order valence-corrected chi connectivity index (χ2v) is 8.31. The van der Waals surface area contributed by atoms with Gasteiger partial charge in [-0.05, 0) is 36.8 Å². The molecule has 2 aromatic heterocycles. The van der Waals surface area contributed by atoms with Gasteiger partial charge < -0.3 is 10.1 Å². The highest BCUT2D eigenvalue weighted by Crippen LogP contribution is 2.31. The van der Waals surface area contributed by atoms with Crippen molar-refractivity contribution in [2.75, 3.05) is 7.11 Å². The van der Waals surface area contributed by atoms with Gasteiger partial charge in [0.1, 0.15) is 5.75 Å². The number of thiazole rings is 1. The van der Waals surface area contributed by atoms with Crippen molar-refractivity contribution in [2.24, 2.45) is 0 Å². The monoisotopic (exact) mass is 398 g/mol. The molecule has 4 aromatic rings. The Morgan fingerprint density at radius 3 is 2.78 bits per heavy atom. The SMILES string of the molecule is COc1ccc(CNC(=O)[C@H](C)Sc2nnc3sc4ccccc4n23)cc1. The molecule has 0 fully saturated rings. The van der Waals surface area contributed by atoms with Crippen molar-refractivity contribution >= 4 is 44.2 Å². The van der Waals surface area contributed by atoms with E-state index in [1.807, 2.05) is 53.8 Å². The van der Waals surface area contributed by atoms with Gasteiger partial charge in [0.05, 0.1) is 22.6 Å². The zero-order chi connectivity index (χ0) is 18.8. The molecule has 0 unspecified atom stereocenters. The highest BCUT2D eigenvalue weighted by Gasteiger charge is 2.19. The number of benzene rings is 2. The zero-order valence-corrected chi connectivity index (χ0v) is 16.5. The number of aromatic nitrogens is 3. The van der Waals surface area contributed by atoms with E-state index in [1.54, 1.807) is 18.4 Å². The van der Waals surface area contributed by atoms with Crippen LogP contribution in [0.25, 0.3) is 15.2 Å². The molecule has 0 radical (unpaired) electrons. The lowest BCUT2D eigenvalue weighted by Gasteiger charge is -2.11. The number of thioether (sulfide) groups is 1. The van der Waals surface area contributed by atoms with Crippen molar-refractivity contribution in [2.45, 2.75) is 23.9 Å². The predicted molar refractivity (Wildman–Crippen MR) is 109 cm³/mol. The Labute approximate surface area is 164 Å². The number of hydrogen-bond donors (Lipinski definition) is 1. The van der Waals surface area contributed by atoms with E-state index in [9.17, 15) is 4.79 Å². The number of carbonyl (C=O) groups excluding carboxylic acids is 1. The standard InChI is InChI=1S/C19H18N4O2S2/c1-12(17(24)20-11-13-7-9-14(25-2)10-8-13)26-18-21-22-19-23(18)15-5-3-4-6-16(15)27-19/h3-10,12H,11H2,1-2H3,(H,20,24)/t12-/m0/s1. The van der Waals surface area contributed by atoms with Crippen molar-refractivity contribution in [3.05, 3.63) is 54.1 Å². The number of nitrogens with zero attached hydrogens (tertiary/aromatic N) is 3. The maximum atomic E-state index is 12.5. The number of hydrogen-bond acceptors (Lipinski definition) is 6. The average Bonchev–Trinajstić information content (AvgIpc) is 3.26. The first-order valence-electron chi connectivity index (χ1n) is 8.45. The Hall–Kier alpha value is -2.58. The lowest BCUT2D eigenvalue weighted by molar-refractivity contribution is -0.120. The Morgan fingerprint density at radius 2 is 2.00 bits per heavy atom. The van der Waals surface area contributed by atoms with Crippen molar-refractivity contribution in [3.8, 4) is 5.75 Å². The molecular weight excluding hydrogens is 380 g/mol. The van der Waals surface area contributed by atoms with Crippen LogP contribution in [0.1, 0.15) is 12.5 Å². The zero-order valence-electron chi connectivity index (χ0n) is 14.9. The van der Waals surface area contributed by atoms with Crippen LogP contribution in [0.15, 0.2) is 53.7 Å². The number of ether oxygens (including phenoxy) is 1. The van der Waals surface area contributed by atoms with Crippen LogP contribution in [-0.4, -0.2) is 32.9 Å². The Balaban J connectivity index is 1.44. The van der Waals surface area contributed by atoms with Gasteiger partial charge in [-0.25, -0.2) is 0 Å². The van der Waals surface area contributed by atoms with Crippen LogP contribution in [0.4, 0.5) is 0 Å². The first kappa shape index (κ1) is 17.8. The fourth-order valence-corrected chi connectivity index (χ4v) is 4.63. The topological polar surface area (TPSA) is 68.5 Å². The number of carbonyl (C=O) groups is 1.